The molecule has 0 aliphatic carbocycles. The summed E-state index contributed by atoms with van der Waals surface area (Å²) in [7, 11) is -1.15. The maximum atomic E-state index is 14.3. The Morgan fingerprint density at radius 2 is 1.48 bits per heavy atom. The largest absolute Gasteiger partial charge is 0.497 e. The van der Waals surface area contributed by atoms with E-state index >= 15 is 0 Å². The van der Waals surface area contributed by atoms with E-state index in [0.717, 1.165) is 9.87 Å². The van der Waals surface area contributed by atoms with Crippen molar-refractivity contribution < 1.29 is 22.7 Å². The average molecular weight is 606 g/mol. The molecule has 0 aliphatic rings. The molecule has 4 aromatic rings. The van der Waals surface area contributed by atoms with Crippen molar-refractivity contribution in [3.63, 3.8) is 0 Å². The fraction of sp³-hybridized carbons (Fsp3) is 0.188. The smallest absolute Gasteiger partial charge is 0.264 e. The number of amides is 2. The van der Waals surface area contributed by atoms with Crippen LogP contribution in [0.4, 0.5) is 5.69 Å². The second-order valence-corrected chi connectivity index (χ2v) is 11.8. The van der Waals surface area contributed by atoms with Crippen molar-refractivity contribution in [1.82, 2.24) is 10.2 Å². The van der Waals surface area contributed by atoms with Gasteiger partial charge in [0.1, 0.15) is 18.3 Å². The molecule has 4 rings (SSSR count). The Balaban J connectivity index is 1.78. The number of hydrogen-bond acceptors (Lipinski definition) is 5. The summed E-state index contributed by atoms with van der Waals surface area (Å²) < 4.78 is 34.1. The molecule has 10 heteroatoms. The Morgan fingerprint density at radius 1 is 0.857 bits per heavy atom. The van der Waals surface area contributed by atoms with Crippen molar-refractivity contribution in [2.45, 2.75) is 23.9 Å². The van der Waals surface area contributed by atoms with E-state index in [0.29, 0.717) is 16.3 Å². The molecular formula is C32H32ClN3O5S. The topological polar surface area (TPSA) is 96.0 Å². The molecule has 4 aromatic carbocycles. The third kappa shape index (κ3) is 7.48. The molecule has 0 aromatic heterocycles. The number of hydrogen-bond donors (Lipinski definition) is 1. The summed E-state index contributed by atoms with van der Waals surface area (Å²) in [6, 6.07) is 29.7. The summed E-state index contributed by atoms with van der Waals surface area (Å²) in [6.45, 7) is -0.515. The van der Waals surface area contributed by atoms with Crippen LogP contribution in [0, 0.1) is 0 Å². The van der Waals surface area contributed by atoms with Gasteiger partial charge in [-0.1, -0.05) is 72.3 Å². The van der Waals surface area contributed by atoms with Gasteiger partial charge in [-0.05, 0) is 59.7 Å². The Bertz CT molecular complexity index is 1600. The Hall–Kier alpha value is -4.34. The third-order valence-electron chi connectivity index (χ3n) is 6.73. The zero-order valence-corrected chi connectivity index (χ0v) is 24.9. The number of carbonyl (C=O) groups excluding carboxylic acids is 2. The van der Waals surface area contributed by atoms with Gasteiger partial charge in [0.2, 0.25) is 11.8 Å². The van der Waals surface area contributed by atoms with E-state index in [1.807, 2.05) is 30.3 Å². The monoisotopic (exact) mass is 605 g/mol. The van der Waals surface area contributed by atoms with E-state index in [9.17, 15) is 18.0 Å². The second-order valence-electron chi connectivity index (χ2n) is 9.49. The highest BCUT2D eigenvalue weighted by Gasteiger charge is 2.34. The number of likely N-dealkylation sites (N-methyl/N-ethyl adjacent to an activating group) is 1. The van der Waals surface area contributed by atoms with Crippen LogP contribution >= 0.6 is 11.6 Å². The fourth-order valence-corrected chi connectivity index (χ4v) is 6.20. The predicted molar refractivity (Wildman–Crippen MR) is 164 cm³/mol. The van der Waals surface area contributed by atoms with Crippen molar-refractivity contribution >= 4 is 39.1 Å². The van der Waals surface area contributed by atoms with Crippen LogP contribution in [0.1, 0.15) is 11.1 Å². The van der Waals surface area contributed by atoms with E-state index in [1.54, 1.807) is 66.7 Å². The standard InChI is InChI=1S/C32H32ClN3O5S/c1-34-32(38)30(21-24-10-5-3-6-11-24)35(22-25-12-9-13-26(33)20-25)31(37)23-36(27-16-18-28(41-2)19-17-27)42(39,40)29-14-7-4-8-15-29/h3-20,30H,21-23H2,1-2H3,(H,34,38)/t30-/m1/s1. The molecule has 218 valence electrons. The highest BCUT2D eigenvalue weighted by molar-refractivity contribution is 7.92. The van der Waals surface area contributed by atoms with Gasteiger partial charge in [0, 0.05) is 25.0 Å². The first-order valence-corrected chi connectivity index (χ1v) is 15.1. The van der Waals surface area contributed by atoms with E-state index in [1.165, 1.54) is 31.2 Å². The minimum atomic E-state index is -4.17. The van der Waals surface area contributed by atoms with Crippen LogP contribution in [0.3, 0.4) is 0 Å². The number of nitrogens with one attached hydrogen (secondary N) is 1. The van der Waals surface area contributed by atoms with E-state index < -0.39 is 28.5 Å². The number of carbonyl (C=O) groups is 2. The minimum absolute atomic E-state index is 0.0298. The number of anilines is 1. The summed E-state index contributed by atoms with van der Waals surface area (Å²) in [6.07, 6.45) is 0.223. The van der Waals surface area contributed by atoms with Gasteiger partial charge in [-0.3, -0.25) is 13.9 Å². The van der Waals surface area contributed by atoms with Gasteiger partial charge < -0.3 is 15.0 Å². The Morgan fingerprint density at radius 3 is 2.07 bits per heavy atom. The summed E-state index contributed by atoms with van der Waals surface area (Å²) >= 11 is 6.24. The zero-order chi connectivity index (χ0) is 30.1. The molecule has 2 amide bonds. The molecule has 0 bridgehead atoms. The van der Waals surface area contributed by atoms with Crippen molar-refractivity contribution in [1.29, 1.82) is 0 Å². The molecule has 0 unspecified atom stereocenters. The normalized spacial score (nSPS) is 11.8. The van der Waals surface area contributed by atoms with E-state index in [-0.39, 0.29) is 29.5 Å². The molecule has 1 atom stereocenters. The van der Waals surface area contributed by atoms with Crippen molar-refractivity contribution in [2.24, 2.45) is 0 Å². The average Bonchev–Trinajstić information content (AvgIpc) is 3.02. The Labute approximate surface area is 251 Å². The lowest BCUT2D eigenvalue weighted by Gasteiger charge is -2.33. The summed E-state index contributed by atoms with van der Waals surface area (Å²) in [5.41, 5.74) is 1.81. The highest BCUT2D eigenvalue weighted by atomic mass is 35.5. The molecule has 0 radical (unpaired) electrons. The number of rotatable bonds is 12. The summed E-state index contributed by atoms with van der Waals surface area (Å²) in [5, 5.41) is 3.14. The Kier molecular flexibility index (Phi) is 10.2. The van der Waals surface area contributed by atoms with Crippen LogP contribution in [0.25, 0.3) is 0 Å². The highest BCUT2D eigenvalue weighted by Crippen LogP contribution is 2.27. The number of ether oxygens (including phenoxy) is 1. The molecule has 0 fully saturated rings. The minimum Gasteiger partial charge on any atom is -0.497 e. The van der Waals surface area contributed by atoms with Crippen LogP contribution in [-0.2, 0) is 32.6 Å². The molecule has 8 nitrogen and oxygen atoms in total. The quantitative estimate of drug-likeness (QED) is 0.247. The predicted octanol–water partition coefficient (Wildman–Crippen LogP) is 4.93. The lowest BCUT2D eigenvalue weighted by Crippen LogP contribution is -2.53. The first-order valence-electron chi connectivity index (χ1n) is 13.2. The molecule has 0 saturated carbocycles. The van der Waals surface area contributed by atoms with E-state index in [2.05, 4.69) is 5.32 Å². The SMILES string of the molecule is CNC(=O)[C@@H](Cc1ccccc1)N(Cc1cccc(Cl)c1)C(=O)CN(c1ccc(OC)cc1)S(=O)(=O)c1ccccc1. The maximum absolute atomic E-state index is 14.3. The zero-order valence-electron chi connectivity index (χ0n) is 23.3. The number of benzene rings is 4. The first-order chi connectivity index (χ1) is 20.2. The molecule has 1 N–H and O–H groups in total. The molecular weight excluding hydrogens is 574 g/mol. The third-order valence-corrected chi connectivity index (χ3v) is 8.75. The van der Waals surface area contributed by atoms with Gasteiger partial charge in [0.05, 0.1) is 17.7 Å². The lowest BCUT2D eigenvalue weighted by molar-refractivity contribution is -0.139. The first kappa shape index (κ1) is 30.6. The number of methoxy groups -OCH3 is 1. The van der Waals surface area contributed by atoms with Gasteiger partial charge in [0.15, 0.2) is 0 Å². The van der Waals surface area contributed by atoms with Gasteiger partial charge in [-0.25, -0.2) is 8.42 Å². The van der Waals surface area contributed by atoms with Crippen molar-refractivity contribution in [3.8, 4) is 5.75 Å². The number of sulfonamides is 1. The molecule has 42 heavy (non-hydrogen) atoms. The molecule has 0 saturated heterocycles. The van der Waals surface area contributed by atoms with Crippen LogP contribution in [-0.4, -0.2) is 51.9 Å². The molecule has 0 spiro atoms. The summed E-state index contributed by atoms with van der Waals surface area (Å²) in [4.78, 5) is 29.0. The summed E-state index contributed by atoms with van der Waals surface area (Å²) in [5.74, 6) is -0.404. The van der Waals surface area contributed by atoms with Crippen molar-refractivity contribution in [2.75, 3.05) is 25.0 Å². The number of nitrogens with zero attached hydrogens (tertiary/aromatic N) is 2. The van der Waals surface area contributed by atoms with Gasteiger partial charge in [0.25, 0.3) is 10.0 Å². The lowest BCUT2D eigenvalue weighted by atomic mass is 10.0. The van der Waals surface area contributed by atoms with Crippen molar-refractivity contribution in [3.05, 3.63) is 125 Å². The number of halogens is 1. The maximum Gasteiger partial charge on any atom is 0.264 e. The van der Waals surface area contributed by atoms with Gasteiger partial charge in [-0.2, -0.15) is 0 Å². The van der Waals surface area contributed by atoms with Crippen LogP contribution in [0.15, 0.2) is 114 Å². The van der Waals surface area contributed by atoms with Crippen LogP contribution in [0.2, 0.25) is 5.02 Å². The molecule has 0 aliphatic heterocycles. The van der Waals surface area contributed by atoms with Crippen LogP contribution in [0.5, 0.6) is 5.75 Å². The van der Waals surface area contributed by atoms with Crippen LogP contribution < -0.4 is 14.4 Å². The fourth-order valence-electron chi connectivity index (χ4n) is 4.55. The van der Waals surface area contributed by atoms with Gasteiger partial charge in [-0.15, -0.1) is 0 Å². The van der Waals surface area contributed by atoms with Gasteiger partial charge >= 0.3 is 0 Å². The second kappa shape index (κ2) is 14.0. The molecule has 0 heterocycles. The van der Waals surface area contributed by atoms with E-state index in [4.69, 9.17) is 16.3 Å².